The zero-order valence-corrected chi connectivity index (χ0v) is 14.1. The SMILES string of the molecule is O=CCCc1ccc(CCNS(=O)(=O)c2ccc(Cl)cc2)cc1. The van der Waals surface area contributed by atoms with Crippen molar-refractivity contribution < 1.29 is 13.2 Å². The predicted octanol–water partition coefficient (Wildman–Crippen LogP) is 2.99. The van der Waals surface area contributed by atoms with Crippen molar-refractivity contribution in [3.8, 4) is 0 Å². The van der Waals surface area contributed by atoms with Crippen molar-refractivity contribution in [3.63, 3.8) is 0 Å². The molecule has 2 aromatic rings. The summed E-state index contributed by atoms with van der Waals surface area (Å²) in [6.07, 6.45) is 2.74. The van der Waals surface area contributed by atoms with Gasteiger partial charge in [-0.25, -0.2) is 13.1 Å². The molecule has 4 nitrogen and oxygen atoms in total. The summed E-state index contributed by atoms with van der Waals surface area (Å²) in [5, 5.41) is 0.499. The van der Waals surface area contributed by atoms with Crippen LogP contribution in [0.3, 0.4) is 0 Å². The summed E-state index contributed by atoms with van der Waals surface area (Å²) in [6, 6.07) is 13.9. The number of nitrogens with one attached hydrogen (secondary N) is 1. The molecular weight excluding hydrogens is 334 g/mol. The number of hydrogen-bond donors (Lipinski definition) is 1. The second-order valence-corrected chi connectivity index (χ2v) is 7.33. The summed E-state index contributed by atoms with van der Waals surface area (Å²) in [4.78, 5) is 10.5. The lowest BCUT2D eigenvalue weighted by Crippen LogP contribution is -2.25. The van der Waals surface area contributed by atoms with Crippen LogP contribution in [-0.4, -0.2) is 21.2 Å². The lowest BCUT2D eigenvalue weighted by molar-refractivity contribution is -0.107. The fraction of sp³-hybridized carbons (Fsp3) is 0.235. The molecule has 6 heteroatoms. The van der Waals surface area contributed by atoms with Gasteiger partial charge in [-0.05, 0) is 48.2 Å². The molecule has 0 saturated carbocycles. The molecule has 0 radical (unpaired) electrons. The van der Waals surface area contributed by atoms with Crippen LogP contribution in [0.2, 0.25) is 5.02 Å². The first-order chi connectivity index (χ1) is 11.0. The zero-order valence-electron chi connectivity index (χ0n) is 12.5. The first-order valence-corrected chi connectivity index (χ1v) is 9.14. The molecule has 0 aliphatic heterocycles. The molecule has 0 heterocycles. The van der Waals surface area contributed by atoms with Gasteiger partial charge in [0.1, 0.15) is 6.29 Å². The van der Waals surface area contributed by atoms with Crippen molar-refractivity contribution in [2.75, 3.05) is 6.54 Å². The largest absolute Gasteiger partial charge is 0.303 e. The summed E-state index contributed by atoms with van der Waals surface area (Å²) in [5.41, 5.74) is 2.14. The quantitative estimate of drug-likeness (QED) is 0.743. The van der Waals surface area contributed by atoms with Gasteiger partial charge in [-0.3, -0.25) is 0 Å². The highest BCUT2D eigenvalue weighted by Gasteiger charge is 2.12. The van der Waals surface area contributed by atoms with E-state index in [2.05, 4.69) is 4.72 Å². The molecular formula is C17H18ClNO3S. The molecule has 122 valence electrons. The Labute approximate surface area is 141 Å². The Bertz CT molecular complexity index is 740. The molecule has 0 fully saturated rings. The average Bonchev–Trinajstić information content (AvgIpc) is 2.54. The van der Waals surface area contributed by atoms with E-state index in [-0.39, 0.29) is 4.90 Å². The Morgan fingerprint density at radius 2 is 1.48 bits per heavy atom. The maximum Gasteiger partial charge on any atom is 0.240 e. The summed E-state index contributed by atoms with van der Waals surface area (Å²) in [7, 11) is -3.51. The Balaban J connectivity index is 1.88. The molecule has 0 aliphatic rings. The third kappa shape index (κ3) is 5.46. The van der Waals surface area contributed by atoms with Crippen LogP contribution in [0.1, 0.15) is 17.5 Å². The molecule has 1 N–H and O–H groups in total. The minimum Gasteiger partial charge on any atom is -0.303 e. The van der Waals surface area contributed by atoms with Crippen molar-refractivity contribution in [2.45, 2.75) is 24.2 Å². The number of halogens is 1. The van der Waals surface area contributed by atoms with E-state index in [4.69, 9.17) is 11.6 Å². The van der Waals surface area contributed by atoms with Gasteiger partial charge in [0.2, 0.25) is 10.0 Å². The molecule has 0 aliphatic carbocycles. The van der Waals surface area contributed by atoms with E-state index in [1.165, 1.54) is 12.1 Å². The van der Waals surface area contributed by atoms with Crippen molar-refractivity contribution in [3.05, 3.63) is 64.7 Å². The Kier molecular flexibility index (Phi) is 6.33. The molecule has 2 rings (SSSR count). The minimum absolute atomic E-state index is 0.200. The molecule has 0 saturated heterocycles. The Morgan fingerprint density at radius 1 is 0.913 bits per heavy atom. The van der Waals surface area contributed by atoms with Crippen LogP contribution in [0, 0.1) is 0 Å². The zero-order chi connectivity index (χ0) is 16.7. The number of benzene rings is 2. The van der Waals surface area contributed by atoms with Crippen LogP contribution in [-0.2, 0) is 27.7 Å². The van der Waals surface area contributed by atoms with Gasteiger partial charge in [-0.2, -0.15) is 0 Å². The number of aldehydes is 1. The number of aryl methyl sites for hydroxylation is 1. The summed E-state index contributed by atoms with van der Waals surface area (Å²) < 4.78 is 26.8. The van der Waals surface area contributed by atoms with E-state index in [0.717, 1.165) is 23.8 Å². The predicted molar refractivity (Wildman–Crippen MR) is 91.2 cm³/mol. The lowest BCUT2D eigenvalue weighted by atomic mass is 10.1. The number of sulfonamides is 1. The first kappa shape index (κ1) is 17.7. The molecule has 0 atom stereocenters. The van der Waals surface area contributed by atoms with Crippen LogP contribution in [0.15, 0.2) is 53.4 Å². The van der Waals surface area contributed by atoms with Crippen LogP contribution >= 0.6 is 11.6 Å². The average molecular weight is 352 g/mol. The third-order valence-electron chi connectivity index (χ3n) is 3.40. The van der Waals surface area contributed by atoms with Crippen LogP contribution < -0.4 is 4.72 Å². The summed E-state index contributed by atoms with van der Waals surface area (Å²) in [6.45, 7) is 0.318. The fourth-order valence-corrected chi connectivity index (χ4v) is 3.28. The highest BCUT2D eigenvalue weighted by molar-refractivity contribution is 7.89. The van der Waals surface area contributed by atoms with E-state index in [9.17, 15) is 13.2 Å². The number of carbonyl (C=O) groups excluding carboxylic acids is 1. The van der Waals surface area contributed by atoms with E-state index >= 15 is 0 Å². The maximum absolute atomic E-state index is 12.1. The minimum atomic E-state index is -3.51. The topological polar surface area (TPSA) is 63.2 Å². The van der Waals surface area contributed by atoms with E-state index < -0.39 is 10.0 Å². The third-order valence-corrected chi connectivity index (χ3v) is 5.13. The summed E-state index contributed by atoms with van der Waals surface area (Å²) >= 11 is 5.76. The molecule has 0 amide bonds. The summed E-state index contributed by atoms with van der Waals surface area (Å²) in [5.74, 6) is 0. The van der Waals surface area contributed by atoms with Crippen molar-refractivity contribution in [2.24, 2.45) is 0 Å². The van der Waals surface area contributed by atoms with Gasteiger partial charge in [0, 0.05) is 18.0 Å². The van der Waals surface area contributed by atoms with Crippen LogP contribution in [0.5, 0.6) is 0 Å². The van der Waals surface area contributed by atoms with Gasteiger partial charge in [-0.15, -0.1) is 0 Å². The molecule has 0 unspecified atom stereocenters. The second-order valence-electron chi connectivity index (χ2n) is 5.12. The Hall–Kier alpha value is -1.69. The highest BCUT2D eigenvalue weighted by atomic mass is 35.5. The van der Waals surface area contributed by atoms with Crippen molar-refractivity contribution >= 4 is 27.9 Å². The van der Waals surface area contributed by atoms with Crippen molar-refractivity contribution in [1.29, 1.82) is 0 Å². The van der Waals surface area contributed by atoms with Gasteiger partial charge in [-0.1, -0.05) is 35.9 Å². The van der Waals surface area contributed by atoms with E-state index in [1.807, 2.05) is 24.3 Å². The van der Waals surface area contributed by atoms with Gasteiger partial charge in [0.15, 0.2) is 0 Å². The van der Waals surface area contributed by atoms with E-state index in [1.54, 1.807) is 12.1 Å². The highest BCUT2D eigenvalue weighted by Crippen LogP contribution is 2.14. The van der Waals surface area contributed by atoms with Gasteiger partial charge >= 0.3 is 0 Å². The lowest BCUT2D eigenvalue weighted by Gasteiger charge is -2.07. The van der Waals surface area contributed by atoms with Gasteiger partial charge in [0.05, 0.1) is 4.90 Å². The van der Waals surface area contributed by atoms with Crippen molar-refractivity contribution in [1.82, 2.24) is 4.72 Å². The van der Waals surface area contributed by atoms with E-state index in [0.29, 0.717) is 24.4 Å². The Morgan fingerprint density at radius 3 is 2.04 bits per heavy atom. The molecule has 23 heavy (non-hydrogen) atoms. The first-order valence-electron chi connectivity index (χ1n) is 7.28. The number of rotatable bonds is 8. The normalized spacial score (nSPS) is 11.3. The standard InChI is InChI=1S/C17H18ClNO3S/c18-16-7-9-17(10-8-16)23(21,22)19-12-11-15-5-3-14(4-6-15)2-1-13-20/h3-10,13,19H,1-2,11-12H2. The number of carbonyl (C=O) groups is 1. The van der Waals surface area contributed by atoms with Gasteiger partial charge in [0.25, 0.3) is 0 Å². The van der Waals surface area contributed by atoms with Gasteiger partial charge < -0.3 is 4.79 Å². The number of hydrogen-bond acceptors (Lipinski definition) is 3. The molecule has 0 aromatic heterocycles. The van der Waals surface area contributed by atoms with Crippen LogP contribution in [0.25, 0.3) is 0 Å². The molecule has 0 bridgehead atoms. The monoisotopic (exact) mass is 351 g/mol. The molecule has 2 aromatic carbocycles. The second kappa shape index (κ2) is 8.24. The maximum atomic E-state index is 12.1. The fourth-order valence-electron chi connectivity index (χ4n) is 2.13. The smallest absolute Gasteiger partial charge is 0.240 e. The van der Waals surface area contributed by atoms with Crippen LogP contribution in [0.4, 0.5) is 0 Å². The molecule has 0 spiro atoms.